The standard InChI is InChI=1S/C18H14/c1-5-13-7-3-11-17(15(13)9-1)18-12-4-8-14-6-2-10-16(14)18/h1-4,7-12H,5-6H2. The molecular formula is C18H14. The van der Waals surface area contributed by atoms with E-state index in [1.54, 1.807) is 0 Å². The Morgan fingerprint density at radius 1 is 0.611 bits per heavy atom. The van der Waals surface area contributed by atoms with E-state index in [-0.39, 0.29) is 0 Å². The molecule has 0 radical (unpaired) electrons. The molecule has 0 saturated heterocycles. The number of rotatable bonds is 1. The van der Waals surface area contributed by atoms with Crippen LogP contribution in [-0.4, -0.2) is 0 Å². The maximum Gasteiger partial charge on any atom is -0.00879 e. The highest BCUT2D eigenvalue weighted by molar-refractivity contribution is 5.86. The number of hydrogen-bond acceptors (Lipinski definition) is 0. The van der Waals surface area contributed by atoms with E-state index in [2.05, 4.69) is 60.7 Å². The molecule has 0 bridgehead atoms. The average Bonchev–Trinajstić information content (AvgIpc) is 3.06. The molecular weight excluding hydrogens is 216 g/mol. The highest BCUT2D eigenvalue weighted by Crippen LogP contribution is 2.36. The Balaban J connectivity index is 2.00. The Kier molecular flexibility index (Phi) is 2.04. The quantitative estimate of drug-likeness (QED) is 0.677. The first-order chi connectivity index (χ1) is 8.93. The van der Waals surface area contributed by atoms with Gasteiger partial charge in [-0.25, -0.2) is 0 Å². The molecule has 2 aliphatic rings. The van der Waals surface area contributed by atoms with Gasteiger partial charge in [-0.3, -0.25) is 0 Å². The van der Waals surface area contributed by atoms with E-state index in [4.69, 9.17) is 0 Å². The fourth-order valence-electron chi connectivity index (χ4n) is 3.05. The third-order valence-electron chi connectivity index (χ3n) is 3.93. The van der Waals surface area contributed by atoms with Gasteiger partial charge in [0, 0.05) is 0 Å². The van der Waals surface area contributed by atoms with Crippen LogP contribution in [0.2, 0.25) is 0 Å². The number of fused-ring (bicyclic) bond motifs is 2. The summed E-state index contributed by atoms with van der Waals surface area (Å²) in [7, 11) is 0. The minimum Gasteiger partial charge on any atom is -0.0795 e. The van der Waals surface area contributed by atoms with Crippen LogP contribution >= 0.6 is 0 Å². The zero-order chi connectivity index (χ0) is 11.9. The molecule has 2 aromatic rings. The molecule has 2 aromatic carbocycles. The van der Waals surface area contributed by atoms with Gasteiger partial charge in [-0.15, -0.1) is 0 Å². The Hall–Kier alpha value is -2.08. The summed E-state index contributed by atoms with van der Waals surface area (Å²) < 4.78 is 0. The van der Waals surface area contributed by atoms with Crippen LogP contribution in [0.15, 0.2) is 48.6 Å². The van der Waals surface area contributed by atoms with E-state index in [1.165, 1.54) is 33.4 Å². The predicted molar refractivity (Wildman–Crippen MR) is 77.4 cm³/mol. The summed E-state index contributed by atoms with van der Waals surface area (Å²) in [6.45, 7) is 0. The number of benzene rings is 2. The van der Waals surface area contributed by atoms with Gasteiger partial charge in [-0.2, -0.15) is 0 Å². The molecule has 0 nitrogen and oxygen atoms in total. The maximum atomic E-state index is 2.27. The maximum absolute atomic E-state index is 2.27. The van der Waals surface area contributed by atoms with Gasteiger partial charge in [0.1, 0.15) is 0 Å². The van der Waals surface area contributed by atoms with Gasteiger partial charge < -0.3 is 0 Å². The molecule has 0 unspecified atom stereocenters. The molecule has 0 aliphatic heterocycles. The van der Waals surface area contributed by atoms with Crippen LogP contribution in [0.3, 0.4) is 0 Å². The predicted octanol–water partition coefficient (Wildman–Crippen LogP) is 4.49. The first kappa shape index (κ1) is 9.90. The lowest BCUT2D eigenvalue weighted by Gasteiger charge is -2.12. The molecule has 0 aromatic heterocycles. The van der Waals surface area contributed by atoms with Gasteiger partial charge in [0.2, 0.25) is 0 Å². The van der Waals surface area contributed by atoms with E-state index >= 15 is 0 Å². The van der Waals surface area contributed by atoms with Crippen molar-refractivity contribution in [3.63, 3.8) is 0 Å². The Labute approximate surface area is 107 Å². The van der Waals surface area contributed by atoms with Gasteiger partial charge in [0.15, 0.2) is 0 Å². The van der Waals surface area contributed by atoms with E-state index < -0.39 is 0 Å². The molecule has 86 valence electrons. The average molecular weight is 230 g/mol. The minimum absolute atomic E-state index is 1.08. The molecule has 0 fully saturated rings. The van der Waals surface area contributed by atoms with Crippen LogP contribution < -0.4 is 0 Å². The van der Waals surface area contributed by atoms with Crippen LogP contribution in [0.4, 0.5) is 0 Å². The summed E-state index contributed by atoms with van der Waals surface area (Å²) >= 11 is 0. The van der Waals surface area contributed by atoms with E-state index in [1.807, 2.05) is 0 Å². The fourth-order valence-corrected chi connectivity index (χ4v) is 3.05. The van der Waals surface area contributed by atoms with Crippen molar-refractivity contribution in [2.75, 3.05) is 0 Å². The highest BCUT2D eigenvalue weighted by Gasteiger charge is 2.15. The van der Waals surface area contributed by atoms with Crippen molar-refractivity contribution < 1.29 is 0 Å². The SMILES string of the molecule is C1=Cc2c(cccc2-c2cccc3c2C=CC3)C1. The molecule has 0 saturated carbocycles. The smallest absolute Gasteiger partial charge is 0.00879 e. The summed E-state index contributed by atoms with van der Waals surface area (Å²) in [6, 6.07) is 13.3. The Morgan fingerprint density at radius 3 is 1.61 bits per heavy atom. The summed E-state index contributed by atoms with van der Waals surface area (Å²) in [4.78, 5) is 0. The van der Waals surface area contributed by atoms with Gasteiger partial charge in [-0.05, 0) is 46.2 Å². The second kappa shape index (κ2) is 3.71. The van der Waals surface area contributed by atoms with Crippen LogP contribution in [0.25, 0.3) is 23.3 Å². The van der Waals surface area contributed by atoms with Crippen LogP contribution in [-0.2, 0) is 12.8 Å². The molecule has 4 rings (SSSR count). The lowest BCUT2D eigenvalue weighted by Crippen LogP contribution is -1.91. The van der Waals surface area contributed by atoms with Crippen LogP contribution in [0.5, 0.6) is 0 Å². The molecule has 0 atom stereocenters. The van der Waals surface area contributed by atoms with Gasteiger partial charge in [0.25, 0.3) is 0 Å². The second-order valence-corrected chi connectivity index (χ2v) is 4.97. The summed E-state index contributed by atoms with van der Waals surface area (Å²) in [5, 5.41) is 0. The third kappa shape index (κ3) is 1.32. The highest BCUT2D eigenvalue weighted by atomic mass is 14.2. The van der Waals surface area contributed by atoms with Crippen LogP contribution in [0.1, 0.15) is 22.3 Å². The summed E-state index contributed by atoms with van der Waals surface area (Å²) in [6.07, 6.45) is 11.2. The number of hydrogen-bond donors (Lipinski definition) is 0. The van der Waals surface area contributed by atoms with E-state index in [0.717, 1.165) is 12.8 Å². The van der Waals surface area contributed by atoms with Crippen molar-refractivity contribution in [2.45, 2.75) is 12.8 Å². The van der Waals surface area contributed by atoms with Crippen molar-refractivity contribution in [3.05, 3.63) is 70.8 Å². The Bertz CT molecular complexity index is 626. The fraction of sp³-hybridized carbons (Fsp3) is 0.111. The molecule has 0 spiro atoms. The summed E-state index contributed by atoms with van der Waals surface area (Å²) in [5.74, 6) is 0. The second-order valence-electron chi connectivity index (χ2n) is 4.97. The molecule has 18 heavy (non-hydrogen) atoms. The Morgan fingerprint density at radius 2 is 1.11 bits per heavy atom. The lowest BCUT2D eigenvalue weighted by atomic mass is 9.92. The van der Waals surface area contributed by atoms with Crippen molar-refractivity contribution in [1.82, 2.24) is 0 Å². The first-order valence-electron chi connectivity index (χ1n) is 6.51. The molecule has 0 amide bonds. The van der Waals surface area contributed by atoms with Crippen LogP contribution in [0, 0.1) is 0 Å². The van der Waals surface area contributed by atoms with Gasteiger partial charge in [-0.1, -0.05) is 60.7 Å². The molecule has 2 aliphatic carbocycles. The van der Waals surface area contributed by atoms with Gasteiger partial charge >= 0.3 is 0 Å². The third-order valence-corrected chi connectivity index (χ3v) is 3.93. The monoisotopic (exact) mass is 230 g/mol. The minimum atomic E-state index is 1.08. The topological polar surface area (TPSA) is 0 Å². The molecule has 0 heteroatoms. The van der Waals surface area contributed by atoms with E-state index in [9.17, 15) is 0 Å². The first-order valence-corrected chi connectivity index (χ1v) is 6.51. The van der Waals surface area contributed by atoms with Gasteiger partial charge in [0.05, 0.1) is 0 Å². The van der Waals surface area contributed by atoms with Crippen molar-refractivity contribution in [1.29, 1.82) is 0 Å². The molecule has 0 N–H and O–H groups in total. The number of allylic oxidation sites excluding steroid dienone is 2. The molecule has 0 heterocycles. The largest absolute Gasteiger partial charge is 0.0795 e. The normalized spacial score (nSPS) is 14.9. The lowest BCUT2D eigenvalue weighted by molar-refractivity contribution is 1.30. The van der Waals surface area contributed by atoms with Crippen molar-refractivity contribution >= 4 is 12.2 Å². The van der Waals surface area contributed by atoms with Crippen molar-refractivity contribution in [3.8, 4) is 11.1 Å². The van der Waals surface area contributed by atoms with Crippen molar-refractivity contribution in [2.24, 2.45) is 0 Å². The zero-order valence-corrected chi connectivity index (χ0v) is 10.2. The van der Waals surface area contributed by atoms with E-state index in [0.29, 0.717) is 0 Å². The zero-order valence-electron chi connectivity index (χ0n) is 10.2. The summed E-state index contributed by atoms with van der Waals surface area (Å²) in [5.41, 5.74) is 8.48.